The summed E-state index contributed by atoms with van der Waals surface area (Å²) in [5.41, 5.74) is 1.98. The number of carbonyl (C=O) groups excluding carboxylic acids is 1. The summed E-state index contributed by atoms with van der Waals surface area (Å²) < 4.78 is 12.9. The summed E-state index contributed by atoms with van der Waals surface area (Å²) in [5.74, 6) is 0.990. The second kappa shape index (κ2) is 12.2. The highest BCUT2D eigenvalue weighted by molar-refractivity contribution is 9.11. The Hall–Kier alpha value is -1.87. The predicted molar refractivity (Wildman–Crippen MR) is 143 cm³/mol. The van der Waals surface area contributed by atoms with Crippen molar-refractivity contribution in [3.63, 3.8) is 0 Å². The van der Waals surface area contributed by atoms with E-state index >= 15 is 0 Å². The molecule has 0 spiro atoms. The topological polar surface area (TPSA) is 58.0 Å². The molecule has 0 aliphatic carbocycles. The molecule has 4 rings (SSSR count). The van der Waals surface area contributed by atoms with Crippen molar-refractivity contribution in [2.75, 3.05) is 45.9 Å². The largest absolute Gasteiger partial charge is 0.493 e. The number of piperazine rings is 1. The van der Waals surface area contributed by atoms with Crippen LogP contribution in [0.15, 0.2) is 44.8 Å². The molecule has 184 valence electrons. The van der Waals surface area contributed by atoms with Crippen LogP contribution in [0.4, 0.5) is 0 Å². The highest BCUT2D eigenvalue weighted by Crippen LogP contribution is 2.37. The standard InChI is InChI=1S/C26H34BrN3O3S/c1-19(2)28-26(31)17-30-13-11-29(12-14-30)10-4-3-5-15-32-20-6-7-21-22(18-33-23(21)16-20)24-8-9-25(27)34-24/h6-9,16,18-19H,3-5,10-15,17H2,1-2H3,(H,28,31). The summed E-state index contributed by atoms with van der Waals surface area (Å²) in [6.45, 7) is 10.4. The van der Waals surface area contributed by atoms with Gasteiger partial charge in [-0.05, 0) is 79.9 Å². The number of hydrogen-bond acceptors (Lipinski definition) is 6. The number of fused-ring (bicyclic) bond motifs is 1. The van der Waals surface area contributed by atoms with Gasteiger partial charge < -0.3 is 19.4 Å². The zero-order valence-corrected chi connectivity index (χ0v) is 22.4. The van der Waals surface area contributed by atoms with E-state index < -0.39 is 0 Å². The molecular formula is C26H34BrN3O3S. The van der Waals surface area contributed by atoms with Crippen molar-refractivity contribution in [2.45, 2.75) is 39.2 Å². The molecule has 0 atom stereocenters. The first-order chi connectivity index (χ1) is 16.5. The Morgan fingerprint density at radius 2 is 1.91 bits per heavy atom. The highest BCUT2D eigenvalue weighted by Gasteiger charge is 2.18. The smallest absolute Gasteiger partial charge is 0.234 e. The number of furan rings is 1. The van der Waals surface area contributed by atoms with Crippen molar-refractivity contribution in [3.05, 3.63) is 40.4 Å². The Kier molecular flexibility index (Phi) is 9.05. The molecule has 6 nitrogen and oxygen atoms in total. The lowest BCUT2D eigenvalue weighted by Crippen LogP contribution is -2.50. The monoisotopic (exact) mass is 547 g/mol. The minimum atomic E-state index is 0.130. The van der Waals surface area contributed by atoms with E-state index in [1.807, 2.05) is 32.2 Å². The first-order valence-electron chi connectivity index (χ1n) is 12.1. The van der Waals surface area contributed by atoms with E-state index in [-0.39, 0.29) is 11.9 Å². The van der Waals surface area contributed by atoms with Crippen LogP contribution in [0.2, 0.25) is 0 Å². The number of amides is 1. The van der Waals surface area contributed by atoms with Crippen LogP contribution in [0, 0.1) is 0 Å². The molecule has 34 heavy (non-hydrogen) atoms. The number of hydrogen-bond donors (Lipinski definition) is 1. The molecule has 1 fully saturated rings. The third-order valence-corrected chi connectivity index (χ3v) is 7.71. The molecule has 3 aromatic rings. The maximum Gasteiger partial charge on any atom is 0.234 e. The number of carbonyl (C=O) groups is 1. The molecular weight excluding hydrogens is 514 g/mol. The second-order valence-electron chi connectivity index (χ2n) is 9.16. The van der Waals surface area contributed by atoms with Crippen LogP contribution in [-0.4, -0.2) is 67.6 Å². The summed E-state index contributed by atoms with van der Waals surface area (Å²) in [6.07, 6.45) is 5.19. The first kappa shape index (κ1) is 25.2. The third kappa shape index (κ3) is 7.07. The van der Waals surface area contributed by atoms with Crippen LogP contribution < -0.4 is 10.1 Å². The van der Waals surface area contributed by atoms with E-state index in [4.69, 9.17) is 9.15 Å². The maximum absolute atomic E-state index is 11.9. The van der Waals surface area contributed by atoms with Gasteiger partial charge in [-0.25, -0.2) is 0 Å². The fourth-order valence-electron chi connectivity index (χ4n) is 4.29. The average Bonchev–Trinajstić information content (AvgIpc) is 3.42. The first-order valence-corrected chi connectivity index (χ1v) is 13.7. The zero-order chi connectivity index (χ0) is 23.9. The van der Waals surface area contributed by atoms with Gasteiger partial charge in [-0.15, -0.1) is 11.3 Å². The highest BCUT2D eigenvalue weighted by atomic mass is 79.9. The molecule has 0 radical (unpaired) electrons. The minimum absolute atomic E-state index is 0.130. The van der Waals surface area contributed by atoms with Gasteiger partial charge in [0.05, 0.1) is 16.9 Å². The van der Waals surface area contributed by atoms with Gasteiger partial charge >= 0.3 is 0 Å². The predicted octanol–water partition coefficient (Wildman–Crippen LogP) is 5.62. The van der Waals surface area contributed by atoms with Gasteiger partial charge in [0.25, 0.3) is 0 Å². The fraction of sp³-hybridized carbons (Fsp3) is 0.500. The summed E-state index contributed by atoms with van der Waals surface area (Å²) >= 11 is 5.23. The molecule has 3 heterocycles. The molecule has 1 saturated heterocycles. The number of thiophene rings is 1. The van der Waals surface area contributed by atoms with E-state index in [2.05, 4.69) is 49.2 Å². The lowest BCUT2D eigenvalue weighted by atomic mass is 10.1. The molecule has 0 saturated carbocycles. The van der Waals surface area contributed by atoms with Gasteiger partial charge in [0.1, 0.15) is 17.6 Å². The second-order valence-corrected chi connectivity index (χ2v) is 11.6. The Bertz CT molecular complexity index is 1070. The summed E-state index contributed by atoms with van der Waals surface area (Å²) in [5, 5.41) is 4.08. The van der Waals surface area contributed by atoms with Crippen LogP contribution >= 0.6 is 27.3 Å². The summed E-state index contributed by atoms with van der Waals surface area (Å²) in [4.78, 5) is 17.9. The lowest BCUT2D eigenvalue weighted by Gasteiger charge is -2.34. The van der Waals surface area contributed by atoms with E-state index in [0.717, 1.165) is 78.2 Å². The van der Waals surface area contributed by atoms with E-state index in [9.17, 15) is 4.79 Å². The van der Waals surface area contributed by atoms with Gasteiger partial charge in [0.15, 0.2) is 0 Å². The number of benzene rings is 1. The number of unbranched alkanes of at least 4 members (excludes halogenated alkanes) is 2. The van der Waals surface area contributed by atoms with Crippen LogP contribution in [0.1, 0.15) is 33.1 Å². The zero-order valence-electron chi connectivity index (χ0n) is 20.0. The van der Waals surface area contributed by atoms with Gasteiger partial charge in [-0.2, -0.15) is 0 Å². The molecule has 2 aromatic heterocycles. The Balaban J connectivity index is 1.11. The van der Waals surface area contributed by atoms with Crippen molar-refractivity contribution in [2.24, 2.45) is 0 Å². The van der Waals surface area contributed by atoms with E-state index in [1.54, 1.807) is 11.3 Å². The number of nitrogens with one attached hydrogen (secondary N) is 1. The van der Waals surface area contributed by atoms with E-state index in [0.29, 0.717) is 6.54 Å². The molecule has 1 aliphatic heterocycles. The molecule has 1 N–H and O–H groups in total. The number of ether oxygens (including phenoxy) is 1. The number of halogens is 1. The van der Waals surface area contributed by atoms with Gasteiger partial charge in [-0.3, -0.25) is 9.69 Å². The summed E-state index contributed by atoms with van der Waals surface area (Å²) in [7, 11) is 0. The Morgan fingerprint density at radius 1 is 1.12 bits per heavy atom. The van der Waals surface area contributed by atoms with Crippen LogP contribution in [0.25, 0.3) is 21.4 Å². The van der Waals surface area contributed by atoms with Crippen molar-refractivity contribution < 1.29 is 13.9 Å². The SMILES string of the molecule is CC(C)NC(=O)CN1CCN(CCCCCOc2ccc3c(-c4ccc(Br)s4)coc3c2)CC1. The van der Waals surface area contributed by atoms with Crippen molar-refractivity contribution >= 4 is 44.1 Å². The average molecular weight is 549 g/mol. The maximum atomic E-state index is 11.9. The van der Waals surface area contributed by atoms with Gasteiger partial charge in [0.2, 0.25) is 5.91 Å². The molecule has 8 heteroatoms. The molecule has 0 unspecified atom stereocenters. The van der Waals surface area contributed by atoms with Crippen LogP contribution in [0.3, 0.4) is 0 Å². The van der Waals surface area contributed by atoms with E-state index in [1.165, 1.54) is 11.3 Å². The molecule has 1 amide bonds. The van der Waals surface area contributed by atoms with Crippen molar-refractivity contribution in [3.8, 4) is 16.2 Å². The van der Waals surface area contributed by atoms with Gasteiger partial charge in [0, 0.05) is 54.1 Å². The lowest BCUT2D eigenvalue weighted by molar-refractivity contribution is -0.123. The van der Waals surface area contributed by atoms with Crippen LogP contribution in [-0.2, 0) is 4.79 Å². The quantitative estimate of drug-likeness (QED) is 0.316. The minimum Gasteiger partial charge on any atom is -0.493 e. The third-order valence-electron chi connectivity index (χ3n) is 6.05. The van der Waals surface area contributed by atoms with Crippen molar-refractivity contribution in [1.29, 1.82) is 0 Å². The number of nitrogens with zero attached hydrogens (tertiary/aromatic N) is 2. The molecule has 0 bridgehead atoms. The Labute approximate surface area is 214 Å². The van der Waals surface area contributed by atoms with Gasteiger partial charge in [-0.1, -0.05) is 0 Å². The normalized spacial score (nSPS) is 15.3. The Morgan fingerprint density at radius 3 is 2.65 bits per heavy atom. The van der Waals surface area contributed by atoms with Crippen molar-refractivity contribution in [1.82, 2.24) is 15.1 Å². The fourth-order valence-corrected chi connectivity index (χ4v) is 5.70. The number of rotatable bonds is 11. The molecule has 1 aliphatic rings. The summed E-state index contributed by atoms with van der Waals surface area (Å²) in [6, 6.07) is 10.5. The molecule has 1 aromatic carbocycles. The van der Waals surface area contributed by atoms with Crippen LogP contribution in [0.5, 0.6) is 5.75 Å².